The van der Waals surface area contributed by atoms with Crippen LogP contribution in [0.4, 0.5) is 0 Å². The van der Waals surface area contributed by atoms with Crippen LogP contribution < -0.4 is 10.1 Å². The number of rotatable bonds is 6. The number of ether oxygens (including phenoxy) is 2. The standard InChI is InChI=1S/C14H18Br3NO2/c1-9(13-3-2-5-19-13)18-4-6-20-14-11(16)7-10(15)8-12(14)17/h7-9,13,18H,2-6H2,1H3. The molecule has 0 bridgehead atoms. The molecule has 0 amide bonds. The normalized spacial score (nSPS) is 20.1. The van der Waals surface area contributed by atoms with Crippen LogP contribution in [-0.4, -0.2) is 31.9 Å². The summed E-state index contributed by atoms with van der Waals surface area (Å²) in [6.07, 6.45) is 2.67. The van der Waals surface area contributed by atoms with E-state index in [2.05, 4.69) is 60.0 Å². The second kappa shape index (κ2) is 8.13. The number of hydrogen-bond donors (Lipinski definition) is 1. The summed E-state index contributed by atoms with van der Waals surface area (Å²) >= 11 is 10.5. The van der Waals surface area contributed by atoms with Gasteiger partial charge in [-0.25, -0.2) is 0 Å². The lowest BCUT2D eigenvalue weighted by atomic mass is 10.1. The van der Waals surface area contributed by atoms with Crippen molar-refractivity contribution in [1.82, 2.24) is 5.32 Å². The van der Waals surface area contributed by atoms with Gasteiger partial charge in [-0.1, -0.05) is 15.9 Å². The van der Waals surface area contributed by atoms with Crippen molar-refractivity contribution in [3.63, 3.8) is 0 Å². The van der Waals surface area contributed by atoms with Crippen molar-refractivity contribution in [3.05, 3.63) is 25.6 Å². The van der Waals surface area contributed by atoms with Gasteiger partial charge in [0.1, 0.15) is 12.4 Å². The molecular weight excluding hydrogens is 454 g/mol. The van der Waals surface area contributed by atoms with Crippen molar-refractivity contribution in [2.75, 3.05) is 19.8 Å². The number of hydrogen-bond acceptors (Lipinski definition) is 3. The minimum Gasteiger partial charge on any atom is -0.490 e. The Kier molecular flexibility index (Phi) is 6.81. The first-order valence-corrected chi connectivity index (χ1v) is 9.08. The van der Waals surface area contributed by atoms with E-state index < -0.39 is 0 Å². The first kappa shape index (κ1) is 16.7. The number of halogens is 3. The molecule has 0 spiro atoms. The van der Waals surface area contributed by atoms with Crippen molar-refractivity contribution in [3.8, 4) is 5.75 Å². The minimum absolute atomic E-state index is 0.348. The average molecular weight is 472 g/mol. The van der Waals surface area contributed by atoms with Crippen LogP contribution in [0.2, 0.25) is 0 Å². The van der Waals surface area contributed by atoms with Gasteiger partial charge in [0.25, 0.3) is 0 Å². The van der Waals surface area contributed by atoms with Crippen molar-refractivity contribution in [2.24, 2.45) is 0 Å². The van der Waals surface area contributed by atoms with Crippen LogP contribution in [-0.2, 0) is 4.74 Å². The molecule has 1 fully saturated rings. The van der Waals surface area contributed by atoms with E-state index in [1.165, 1.54) is 6.42 Å². The SMILES string of the molecule is CC(NCCOc1c(Br)cc(Br)cc1Br)C1CCCO1. The Bertz CT molecular complexity index is 427. The minimum atomic E-state index is 0.348. The molecule has 0 radical (unpaired) electrons. The summed E-state index contributed by atoms with van der Waals surface area (Å²) in [5.74, 6) is 0.833. The van der Waals surface area contributed by atoms with Crippen LogP contribution in [0, 0.1) is 0 Å². The summed E-state index contributed by atoms with van der Waals surface area (Å²) in [5, 5.41) is 3.46. The lowest BCUT2D eigenvalue weighted by molar-refractivity contribution is 0.0824. The summed E-state index contributed by atoms with van der Waals surface area (Å²) in [5.41, 5.74) is 0. The third kappa shape index (κ3) is 4.70. The molecule has 0 saturated carbocycles. The first-order valence-electron chi connectivity index (χ1n) is 6.70. The van der Waals surface area contributed by atoms with Gasteiger partial charge in [-0.05, 0) is 63.8 Å². The Balaban J connectivity index is 1.76. The summed E-state index contributed by atoms with van der Waals surface area (Å²) in [4.78, 5) is 0. The van der Waals surface area contributed by atoms with Gasteiger partial charge in [0.05, 0.1) is 15.0 Å². The van der Waals surface area contributed by atoms with Crippen LogP contribution in [0.1, 0.15) is 19.8 Å². The third-order valence-electron chi connectivity index (χ3n) is 3.30. The molecule has 1 aliphatic rings. The van der Waals surface area contributed by atoms with Crippen LogP contribution >= 0.6 is 47.8 Å². The van der Waals surface area contributed by atoms with Crippen LogP contribution in [0.15, 0.2) is 25.6 Å². The van der Waals surface area contributed by atoms with Gasteiger partial charge in [0.15, 0.2) is 0 Å². The first-order chi connectivity index (χ1) is 9.58. The summed E-state index contributed by atoms with van der Waals surface area (Å²) in [7, 11) is 0. The lowest BCUT2D eigenvalue weighted by Crippen LogP contribution is -2.39. The average Bonchev–Trinajstić information content (AvgIpc) is 2.90. The highest BCUT2D eigenvalue weighted by molar-refractivity contribution is 9.11. The Morgan fingerprint density at radius 2 is 2.05 bits per heavy atom. The molecule has 2 atom stereocenters. The zero-order valence-electron chi connectivity index (χ0n) is 11.3. The Morgan fingerprint density at radius 1 is 1.35 bits per heavy atom. The Labute approximate surface area is 145 Å². The molecule has 2 unspecified atom stereocenters. The lowest BCUT2D eigenvalue weighted by Gasteiger charge is -2.20. The zero-order valence-corrected chi connectivity index (χ0v) is 16.1. The van der Waals surface area contributed by atoms with E-state index in [-0.39, 0.29) is 0 Å². The molecule has 6 heteroatoms. The number of nitrogens with one attached hydrogen (secondary N) is 1. The van der Waals surface area contributed by atoms with Gasteiger partial charge >= 0.3 is 0 Å². The van der Waals surface area contributed by atoms with Crippen molar-refractivity contribution in [1.29, 1.82) is 0 Å². The highest BCUT2D eigenvalue weighted by Crippen LogP contribution is 2.36. The van der Waals surface area contributed by atoms with Gasteiger partial charge in [-0.15, -0.1) is 0 Å². The van der Waals surface area contributed by atoms with Crippen molar-refractivity contribution >= 4 is 47.8 Å². The molecule has 0 aliphatic carbocycles. The van der Waals surface area contributed by atoms with E-state index in [4.69, 9.17) is 9.47 Å². The molecule has 2 rings (SSSR count). The molecule has 0 aromatic heterocycles. The van der Waals surface area contributed by atoms with Crippen molar-refractivity contribution in [2.45, 2.75) is 31.9 Å². The zero-order chi connectivity index (χ0) is 14.5. The Hall–Kier alpha value is 0.380. The predicted molar refractivity (Wildman–Crippen MR) is 91.5 cm³/mol. The molecule has 20 heavy (non-hydrogen) atoms. The van der Waals surface area contributed by atoms with Crippen LogP contribution in [0.5, 0.6) is 5.75 Å². The highest BCUT2D eigenvalue weighted by Gasteiger charge is 2.21. The smallest absolute Gasteiger partial charge is 0.147 e. The maximum Gasteiger partial charge on any atom is 0.147 e. The monoisotopic (exact) mass is 469 g/mol. The van der Waals surface area contributed by atoms with E-state index in [1.54, 1.807) is 0 Å². The summed E-state index contributed by atoms with van der Waals surface area (Å²) in [6, 6.07) is 4.32. The maximum absolute atomic E-state index is 5.82. The predicted octanol–water partition coefficient (Wildman–Crippen LogP) is 4.51. The largest absolute Gasteiger partial charge is 0.490 e. The van der Waals surface area contributed by atoms with Gasteiger partial charge in [0, 0.05) is 23.7 Å². The maximum atomic E-state index is 5.82. The number of benzene rings is 1. The molecule has 1 heterocycles. The molecular formula is C14H18Br3NO2. The molecule has 1 N–H and O–H groups in total. The van der Waals surface area contributed by atoms with Gasteiger partial charge in [-0.2, -0.15) is 0 Å². The molecule has 1 aromatic carbocycles. The second-order valence-corrected chi connectivity index (χ2v) is 7.47. The topological polar surface area (TPSA) is 30.5 Å². The highest BCUT2D eigenvalue weighted by atomic mass is 79.9. The van der Waals surface area contributed by atoms with E-state index in [0.717, 1.165) is 38.7 Å². The van der Waals surface area contributed by atoms with Gasteiger partial charge in [-0.3, -0.25) is 0 Å². The van der Waals surface area contributed by atoms with Crippen LogP contribution in [0.3, 0.4) is 0 Å². The molecule has 1 aromatic rings. The van der Waals surface area contributed by atoms with E-state index in [9.17, 15) is 0 Å². The van der Waals surface area contributed by atoms with Gasteiger partial charge < -0.3 is 14.8 Å². The van der Waals surface area contributed by atoms with Crippen LogP contribution in [0.25, 0.3) is 0 Å². The quantitative estimate of drug-likeness (QED) is 0.619. The fraction of sp³-hybridized carbons (Fsp3) is 0.571. The Morgan fingerprint density at radius 3 is 2.65 bits per heavy atom. The molecule has 112 valence electrons. The molecule has 1 aliphatic heterocycles. The van der Waals surface area contributed by atoms with Gasteiger partial charge in [0.2, 0.25) is 0 Å². The van der Waals surface area contributed by atoms with E-state index in [1.807, 2.05) is 12.1 Å². The summed E-state index contributed by atoms with van der Waals surface area (Å²) < 4.78 is 14.4. The third-order valence-corrected chi connectivity index (χ3v) is 4.94. The van der Waals surface area contributed by atoms with E-state index >= 15 is 0 Å². The van der Waals surface area contributed by atoms with E-state index in [0.29, 0.717) is 18.8 Å². The molecule has 3 nitrogen and oxygen atoms in total. The van der Waals surface area contributed by atoms with Crippen molar-refractivity contribution < 1.29 is 9.47 Å². The fourth-order valence-corrected chi connectivity index (χ4v) is 4.72. The second-order valence-electron chi connectivity index (χ2n) is 4.84. The summed E-state index contributed by atoms with van der Waals surface area (Å²) in [6.45, 7) is 4.49. The molecule has 1 saturated heterocycles. The fourth-order valence-electron chi connectivity index (χ4n) is 2.23.